The Bertz CT molecular complexity index is 1190. The number of β-lactam (4-membered cyclic amide) rings is 1. The second-order valence-corrected chi connectivity index (χ2v) is 11.8. The molecule has 0 saturated carbocycles. The summed E-state index contributed by atoms with van der Waals surface area (Å²) in [4.78, 5) is 52.4. The minimum atomic E-state index is -1.38. The van der Waals surface area contributed by atoms with Gasteiger partial charge in [0.2, 0.25) is 5.91 Å². The number of thioether (sulfide) groups is 1. The normalized spacial score (nSPS) is 22.6. The molecule has 2 aliphatic rings. The molecule has 0 aromatic heterocycles. The van der Waals surface area contributed by atoms with E-state index in [1.165, 1.54) is 23.6 Å². The number of carbonyl (C=O) groups is 4. The molecule has 2 saturated heterocycles. The summed E-state index contributed by atoms with van der Waals surface area (Å²) in [6.07, 6.45) is -2.16. The van der Waals surface area contributed by atoms with Crippen LogP contribution in [0.15, 0.2) is 60.7 Å². The fraction of sp³-hybridized carbons (Fsp3) is 0.429. The van der Waals surface area contributed by atoms with Crippen molar-refractivity contribution in [3.8, 4) is 0 Å². The highest BCUT2D eigenvalue weighted by Gasteiger charge is 2.64. The molecular formula is C28H32N2O8S. The van der Waals surface area contributed by atoms with Crippen molar-refractivity contribution in [1.29, 1.82) is 0 Å². The number of fused-ring (bicyclic) bond motifs is 1. The Labute approximate surface area is 231 Å². The fourth-order valence-corrected chi connectivity index (χ4v) is 6.22. The Morgan fingerprint density at radius 1 is 0.974 bits per heavy atom. The number of amides is 2. The van der Waals surface area contributed by atoms with E-state index in [1.54, 1.807) is 24.3 Å². The lowest BCUT2D eigenvalue weighted by Gasteiger charge is -2.43. The monoisotopic (exact) mass is 556 g/mol. The Hall–Kier alpha value is -3.57. The summed E-state index contributed by atoms with van der Waals surface area (Å²) >= 11 is 1.44. The topological polar surface area (TPSA) is 131 Å². The molecule has 2 aromatic rings. The third kappa shape index (κ3) is 6.54. The van der Waals surface area contributed by atoms with Gasteiger partial charge in [0.15, 0.2) is 6.04 Å². The molecule has 2 aliphatic heterocycles. The number of nitrogens with one attached hydrogen (secondary N) is 1. The predicted octanol–water partition coefficient (Wildman–Crippen LogP) is 2.63. The van der Waals surface area contributed by atoms with Crippen molar-refractivity contribution in [2.75, 3.05) is 6.61 Å². The first-order valence-corrected chi connectivity index (χ1v) is 13.5. The third-order valence-electron chi connectivity index (χ3n) is 6.63. The van der Waals surface area contributed by atoms with E-state index in [4.69, 9.17) is 14.2 Å². The number of hydrogen-bond donors (Lipinski definition) is 2. The van der Waals surface area contributed by atoms with Crippen molar-refractivity contribution >= 4 is 35.7 Å². The maximum Gasteiger partial charge on any atom is 0.408 e. The van der Waals surface area contributed by atoms with Crippen LogP contribution in [0.3, 0.4) is 0 Å². The zero-order valence-corrected chi connectivity index (χ0v) is 22.8. The van der Waals surface area contributed by atoms with Crippen LogP contribution in [0.4, 0.5) is 4.79 Å². The number of ether oxygens (including phenoxy) is 3. The molecule has 0 bridgehead atoms. The largest absolute Gasteiger partial charge is 0.463 e. The highest BCUT2D eigenvalue weighted by atomic mass is 32.2. The van der Waals surface area contributed by atoms with Gasteiger partial charge in [-0.1, -0.05) is 60.7 Å². The first kappa shape index (κ1) is 28.4. The molecule has 2 N–H and O–H groups in total. The molecule has 2 aromatic carbocycles. The number of alkyl carbamates (subject to hydrolysis) is 1. The van der Waals surface area contributed by atoms with Gasteiger partial charge >= 0.3 is 18.0 Å². The molecule has 1 unspecified atom stereocenters. The first-order valence-electron chi connectivity index (χ1n) is 12.6. The molecule has 0 spiro atoms. The van der Waals surface area contributed by atoms with E-state index in [9.17, 15) is 24.3 Å². The molecule has 2 heterocycles. The minimum Gasteiger partial charge on any atom is -0.463 e. The van der Waals surface area contributed by atoms with Crippen LogP contribution < -0.4 is 5.32 Å². The van der Waals surface area contributed by atoms with Crippen molar-refractivity contribution in [3.05, 3.63) is 71.8 Å². The molecular weight excluding hydrogens is 524 g/mol. The number of benzene rings is 2. The highest BCUT2D eigenvalue weighted by molar-refractivity contribution is 8.01. The molecule has 208 valence electrons. The van der Waals surface area contributed by atoms with E-state index in [1.807, 2.05) is 50.2 Å². The summed E-state index contributed by atoms with van der Waals surface area (Å²) in [7, 11) is 0. The van der Waals surface area contributed by atoms with Crippen LogP contribution in [0.25, 0.3) is 0 Å². The van der Waals surface area contributed by atoms with Gasteiger partial charge in [0.1, 0.15) is 31.8 Å². The maximum absolute atomic E-state index is 13.0. The van der Waals surface area contributed by atoms with Gasteiger partial charge in [0.25, 0.3) is 0 Å². The number of rotatable bonds is 10. The van der Waals surface area contributed by atoms with Crippen LogP contribution in [-0.2, 0) is 41.8 Å². The Morgan fingerprint density at radius 3 is 2.10 bits per heavy atom. The van der Waals surface area contributed by atoms with Gasteiger partial charge < -0.3 is 29.5 Å². The summed E-state index contributed by atoms with van der Waals surface area (Å²) in [5.41, 5.74) is 1.60. The van der Waals surface area contributed by atoms with Crippen LogP contribution in [0.2, 0.25) is 0 Å². The van der Waals surface area contributed by atoms with Gasteiger partial charge in [-0.15, -0.1) is 11.8 Å². The Kier molecular flexibility index (Phi) is 8.81. The molecule has 0 aliphatic carbocycles. The van der Waals surface area contributed by atoms with Crippen LogP contribution in [0, 0.1) is 5.92 Å². The van der Waals surface area contributed by atoms with Gasteiger partial charge in [0, 0.05) is 4.75 Å². The first-order chi connectivity index (χ1) is 18.6. The molecule has 2 fully saturated rings. The Balaban J connectivity index is 1.29. The van der Waals surface area contributed by atoms with Crippen LogP contribution in [0.5, 0.6) is 0 Å². The van der Waals surface area contributed by atoms with Crippen molar-refractivity contribution in [2.24, 2.45) is 5.92 Å². The SMILES string of the molecule is CC(O)[C@H](NC(=O)OCc1ccccc1)C(=O)OC[C@@H]1C(=O)N2[C@@H]1SC(C)(C)[C@@H]2C(=O)OCc1ccccc1. The summed E-state index contributed by atoms with van der Waals surface area (Å²) in [5.74, 6) is -2.37. The van der Waals surface area contributed by atoms with Crippen molar-refractivity contribution in [3.63, 3.8) is 0 Å². The van der Waals surface area contributed by atoms with E-state index in [-0.39, 0.29) is 31.1 Å². The number of nitrogens with zero attached hydrogens (tertiary/aromatic N) is 1. The predicted molar refractivity (Wildman–Crippen MR) is 142 cm³/mol. The van der Waals surface area contributed by atoms with E-state index >= 15 is 0 Å². The molecule has 39 heavy (non-hydrogen) atoms. The van der Waals surface area contributed by atoms with Crippen molar-refractivity contribution in [1.82, 2.24) is 10.2 Å². The zero-order chi connectivity index (χ0) is 28.2. The number of carbonyl (C=O) groups excluding carboxylic acids is 4. The second kappa shape index (κ2) is 12.1. The van der Waals surface area contributed by atoms with E-state index < -0.39 is 46.9 Å². The lowest BCUT2D eigenvalue weighted by atomic mass is 9.92. The smallest absolute Gasteiger partial charge is 0.408 e. The minimum absolute atomic E-state index is 0.00962. The van der Waals surface area contributed by atoms with Crippen LogP contribution in [-0.4, -0.2) is 68.9 Å². The molecule has 11 heteroatoms. The van der Waals surface area contributed by atoms with Crippen molar-refractivity contribution in [2.45, 2.75) is 62.3 Å². The molecule has 0 radical (unpaired) electrons. The molecule has 5 atom stereocenters. The van der Waals surface area contributed by atoms with Gasteiger partial charge in [-0.25, -0.2) is 14.4 Å². The number of hydrogen-bond acceptors (Lipinski definition) is 9. The lowest BCUT2D eigenvalue weighted by Crippen LogP contribution is -2.64. The van der Waals surface area contributed by atoms with Crippen LogP contribution >= 0.6 is 11.8 Å². The third-order valence-corrected chi connectivity index (χ3v) is 8.25. The standard InChI is InChI=1S/C28H32N2O8S/c1-17(31)21(29-27(35)38-15-19-12-8-5-9-13-19)25(33)37-16-20-23(32)30-22(28(2,3)39-24(20)30)26(34)36-14-18-10-6-4-7-11-18/h4-13,17,20-22,24,31H,14-16H2,1-3H3,(H,29,35)/t17?,20-,21+,22+,24-/m1/s1. The second-order valence-electron chi connectivity index (χ2n) is 10.0. The number of esters is 2. The number of aliphatic hydroxyl groups excluding tert-OH is 1. The molecule has 10 nitrogen and oxygen atoms in total. The lowest BCUT2D eigenvalue weighted by molar-refractivity contribution is -0.172. The zero-order valence-electron chi connectivity index (χ0n) is 21.9. The Morgan fingerprint density at radius 2 is 1.54 bits per heavy atom. The summed E-state index contributed by atoms with van der Waals surface area (Å²) in [5, 5.41) is 12.0. The average molecular weight is 557 g/mol. The number of aliphatic hydroxyl groups is 1. The average Bonchev–Trinajstić information content (AvgIpc) is 3.17. The van der Waals surface area contributed by atoms with Crippen molar-refractivity contribution < 1.29 is 38.5 Å². The van der Waals surface area contributed by atoms with Gasteiger partial charge in [-0.2, -0.15) is 0 Å². The maximum atomic E-state index is 13.0. The summed E-state index contributed by atoms with van der Waals surface area (Å²) < 4.78 is 15.4. The fourth-order valence-electron chi connectivity index (χ4n) is 4.56. The van der Waals surface area contributed by atoms with E-state index in [2.05, 4.69) is 5.32 Å². The van der Waals surface area contributed by atoms with Gasteiger partial charge in [-0.05, 0) is 31.9 Å². The van der Waals surface area contributed by atoms with E-state index in [0.29, 0.717) is 0 Å². The molecule has 4 rings (SSSR count). The highest BCUT2D eigenvalue weighted by Crippen LogP contribution is 2.53. The van der Waals surface area contributed by atoms with E-state index in [0.717, 1.165) is 11.1 Å². The summed E-state index contributed by atoms with van der Waals surface area (Å²) in [6, 6.07) is 16.1. The van der Waals surface area contributed by atoms with Gasteiger partial charge in [-0.3, -0.25) is 4.79 Å². The quantitative estimate of drug-likeness (QED) is 0.258. The molecule has 2 amide bonds. The van der Waals surface area contributed by atoms with Gasteiger partial charge in [0.05, 0.1) is 11.5 Å². The summed E-state index contributed by atoms with van der Waals surface area (Å²) in [6.45, 7) is 4.92. The van der Waals surface area contributed by atoms with Crippen LogP contribution in [0.1, 0.15) is 31.9 Å².